The number of carbonyl (C=O) groups is 2. The molecule has 2 aromatic carbocycles. The molecule has 3 aromatic rings. The smallest absolute Gasteiger partial charge is 0.352 e. The summed E-state index contributed by atoms with van der Waals surface area (Å²) >= 11 is 3.38. The molecule has 3 rings (SSSR count). The van der Waals surface area contributed by atoms with Crippen LogP contribution in [0, 0.1) is 6.92 Å². The third-order valence-electron chi connectivity index (χ3n) is 3.83. The number of halogens is 1. The molecule has 0 radical (unpaired) electrons. The van der Waals surface area contributed by atoms with E-state index in [1.165, 1.54) is 0 Å². The van der Waals surface area contributed by atoms with E-state index < -0.39 is 5.97 Å². The predicted octanol–water partition coefficient (Wildman–Crippen LogP) is 4.12. The molecule has 1 amide bonds. The number of para-hydroxylation sites is 1. The van der Waals surface area contributed by atoms with E-state index in [2.05, 4.69) is 26.2 Å². The minimum absolute atomic E-state index is 0.0127. The molecule has 0 aliphatic heterocycles. The zero-order chi connectivity index (χ0) is 17.3. The summed E-state index contributed by atoms with van der Waals surface area (Å²) in [6.07, 6.45) is -0.0127. The van der Waals surface area contributed by atoms with Gasteiger partial charge >= 0.3 is 5.97 Å². The van der Waals surface area contributed by atoms with Crippen LogP contribution in [0.3, 0.4) is 0 Å². The molecule has 122 valence electrons. The van der Waals surface area contributed by atoms with Crippen molar-refractivity contribution in [3.63, 3.8) is 0 Å². The number of aromatic amines is 1. The molecule has 0 spiro atoms. The first-order chi connectivity index (χ1) is 11.5. The van der Waals surface area contributed by atoms with Crippen molar-refractivity contribution in [1.82, 2.24) is 4.98 Å². The van der Waals surface area contributed by atoms with E-state index in [4.69, 9.17) is 0 Å². The summed E-state index contributed by atoms with van der Waals surface area (Å²) in [5, 5.41) is 13.0. The van der Waals surface area contributed by atoms with Gasteiger partial charge in [-0.2, -0.15) is 0 Å². The zero-order valence-electron chi connectivity index (χ0n) is 12.9. The Balaban J connectivity index is 1.90. The summed E-state index contributed by atoms with van der Waals surface area (Å²) < 4.78 is 0.933. The van der Waals surface area contributed by atoms with Gasteiger partial charge in [0, 0.05) is 26.6 Å². The number of hydrogen-bond acceptors (Lipinski definition) is 2. The fourth-order valence-corrected chi connectivity index (χ4v) is 3.16. The van der Waals surface area contributed by atoms with Gasteiger partial charge < -0.3 is 15.4 Å². The molecule has 0 saturated heterocycles. The summed E-state index contributed by atoms with van der Waals surface area (Å²) in [5.41, 5.74) is 2.89. The van der Waals surface area contributed by atoms with Gasteiger partial charge in [0.05, 0.1) is 6.42 Å². The number of fused-ring (bicyclic) bond motifs is 1. The Labute approximate surface area is 146 Å². The molecule has 24 heavy (non-hydrogen) atoms. The normalized spacial score (nSPS) is 10.8. The topological polar surface area (TPSA) is 82.2 Å². The van der Waals surface area contributed by atoms with Gasteiger partial charge in [-0.15, -0.1) is 0 Å². The predicted molar refractivity (Wildman–Crippen MR) is 96.5 cm³/mol. The van der Waals surface area contributed by atoms with Crippen LogP contribution in [0.4, 0.5) is 5.69 Å². The lowest BCUT2D eigenvalue weighted by Crippen LogP contribution is -2.16. The van der Waals surface area contributed by atoms with Crippen molar-refractivity contribution in [3.05, 3.63) is 63.8 Å². The third kappa shape index (κ3) is 3.19. The number of hydrogen-bond donors (Lipinski definition) is 3. The Morgan fingerprint density at radius 3 is 2.67 bits per heavy atom. The first kappa shape index (κ1) is 16.3. The van der Waals surface area contributed by atoms with Gasteiger partial charge in [-0.1, -0.05) is 34.1 Å². The number of aromatic nitrogens is 1. The van der Waals surface area contributed by atoms with Crippen LogP contribution in [0.15, 0.2) is 46.9 Å². The van der Waals surface area contributed by atoms with E-state index >= 15 is 0 Å². The number of carboxylic acid groups (broad SMARTS) is 1. The van der Waals surface area contributed by atoms with Gasteiger partial charge in [-0.25, -0.2) is 4.79 Å². The molecule has 0 aliphatic rings. The molecule has 1 aromatic heterocycles. The van der Waals surface area contributed by atoms with Crippen molar-refractivity contribution in [1.29, 1.82) is 0 Å². The maximum Gasteiger partial charge on any atom is 0.352 e. The number of anilines is 1. The highest BCUT2D eigenvalue weighted by molar-refractivity contribution is 9.10. The lowest BCUT2D eigenvalue weighted by molar-refractivity contribution is -0.115. The van der Waals surface area contributed by atoms with Gasteiger partial charge in [0.1, 0.15) is 5.69 Å². The molecule has 1 heterocycles. The average Bonchev–Trinajstić information content (AvgIpc) is 2.89. The van der Waals surface area contributed by atoms with Gasteiger partial charge in [-0.3, -0.25) is 4.79 Å². The van der Waals surface area contributed by atoms with Crippen LogP contribution < -0.4 is 5.32 Å². The van der Waals surface area contributed by atoms with E-state index in [-0.39, 0.29) is 18.0 Å². The second-order valence-corrected chi connectivity index (χ2v) is 6.43. The number of nitrogens with one attached hydrogen (secondary N) is 2. The molecule has 0 aliphatic carbocycles. The molecule has 0 fully saturated rings. The van der Waals surface area contributed by atoms with Gasteiger partial charge in [0.25, 0.3) is 0 Å². The van der Waals surface area contributed by atoms with E-state index in [9.17, 15) is 14.7 Å². The highest BCUT2D eigenvalue weighted by Crippen LogP contribution is 2.24. The van der Waals surface area contributed by atoms with Crippen molar-refractivity contribution < 1.29 is 14.7 Å². The standard InChI is InChI=1S/C18H15BrN2O3/c1-10-8-11(19)6-7-14(10)20-16(22)9-13-12-4-2-3-5-15(12)21-17(13)18(23)24/h2-8,21H,9H2,1H3,(H,20,22)(H,23,24). The lowest BCUT2D eigenvalue weighted by Gasteiger charge is -2.09. The molecule has 0 bridgehead atoms. The van der Waals surface area contributed by atoms with Crippen LogP contribution in [0.1, 0.15) is 21.6 Å². The second kappa shape index (κ2) is 6.49. The van der Waals surface area contributed by atoms with E-state index in [1.54, 1.807) is 6.07 Å². The quantitative estimate of drug-likeness (QED) is 0.630. The number of carbonyl (C=O) groups excluding carboxylic acids is 1. The van der Waals surface area contributed by atoms with Gasteiger partial charge in [-0.05, 0) is 36.8 Å². The average molecular weight is 387 g/mol. The maximum atomic E-state index is 12.4. The summed E-state index contributed by atoms with van der Waals surface area (Å²) in [6, 6.07) is 12.8. The summed E-state index contributed by atoms with van der Waals surface area (Å²) in [7, 11) is 0. The number of H-pyrrole nitrogens is 1. The molecule has 0 atom stereocenters. The van der Waals surface area contributed by atoms with Gasteiger partial charge in [0.15, 0.2) is 0 Å². The largest absolute Gasteiger partial charge is 0.477 e. The molecule has 5 nitrogen and oxygen atoms in total. The Morgan fingerprint density at radius 1 is 1.21 bits per heavy atom. The third-order valence-corrected chi connectivity index (χ3v) is 4.32. The van der Waals surface area contributed by atoms with Crippen molar-refractivity contribution in [3.8, 4) is 0 Å². The van der Waals surface area contributed by atoms with E-state index in [0.717, 1.165) is 15.4 Å². The van der Waals surface area contributed by atoms with Crippen molar-refractivity contribution in [2.75, 3.05) is 5.32 Å². The number of rotatable bonds is 4. The molecule has 6 heteroatoms. The van der Waals surface area contributed by atoms with E-state index in [0.29, 0.717) is 16.8 Å². The fourth-order valence-electron chi connectivity index (χ4n) is 2.69. The Morgan fingerprint density at radius 2 is 1.96 bits per heavy atom. The van der Waals surface area contributed by atoms with Crippen LogP contribution >= 0.6 is 15.9 Å². The number of benzene rings is 2. The van der Waals surface area contributed by atoms with Crippen LogP contribution in [-0.4, -0.2) is 22.0 Å². The van der Waals surface area contributed by atoms with E-state index in [1.807, 2.05) is 43.3 Å². The molecule has 0 saturated carbocycles. The maximum absolute atomic E-state index is 12.4. The highest BCUT2D eigenvalue weighted by Gasteiger charge is 2.19. The molecular formula is C18H15BrN2O3. The monoisotopic (exact) mass is 386 g/mol. The van der Waals surface area contributed by atoms with Crippen molar-refractivity contribution >= 4 is 44.4 Å². The summed E-state index contributed by atoms with van der Waals surface area (Å²) in [4.78, 5) is 26.7. The number of carboxylic acids is 1. The Bertz CT molecular complexity index is 947. The fraction of sp³-hybridized carbons (Fsp3) is 0.111. The molecule has 0 unspecified atom stereocenters. The summed E-state index contributed by atoms with van der Waals surface area (Å²) in [6.45, 7) is 1.90. The van der Waals surface area contributed by atoms with Crippen LogP contribution in [-0.2, 0) is 11.2 Å². The molecule has 3 N–H and O–H groups in total. The zero-order valence-corrected chi connectivity index (χ0v) is 14.5. The van der Waals surface area contributed by atoms with Crippen molar-refractivity contribution in [2.24, 2.45) is 0 Å². The summed E-state index contributed by atoms with van der Waals surface area (Å²) in [5.74, 6) is -1.33. The first-order valence-corrected chi connectivity index (χ1v) is 8.14. The second-order valence-electron chi connectivity index (χ2n) is 5.51. The molecular weight excluding hydrogens is 372 g/mol. The number of amides is 1. The lowest BCUT2D eigenvalue weighted by atomic mass is 10.1. The van der Waals surface area contributed by atoms with Crippen LogP contribution in [0.5, 0.6) is 0 Å². The Kier molecular flexibility index (Phi) is 4.40. The van der Waals surface area contributed by atoms with Gasteiger partial charge in [0.2, 0.25) is 5.91 Å². The minimum Gasteiger partial charge on any atom is -0.477 e. The highest BCUT2D eigenvalue weighted by atomic mass is 79.9. The first-order valence-electron chi connectivity index (χ1n) is 7.34. The minimum atomic E-state index is -1.08. The van der Waals surface area contributed by atoms with Crippen molar-refractivity contribution in [2.45, 2.75) is 13.3 Å². The number of aromatic carboxylic acids is 1. The Hall–Kier alpha value is -2.60. The van der Waals surface area contributed by atoms with Crippen LogP contribution in [0.2, 0.25) is 0 Å². The van der Waals surface area contributed by atoms with Crippen LogP contribution in [0.25, 0.3) is 10.9 Å². The SMILES string of the molecule is Cc1cc(Br)ccc1NC(=O)Cc1c(C(=O)O)[nH]c2ccccc12. The number of aryl methyl sites for hydroxylation is 1.